The maximum Gasteiger partial charge on any atom is 0.398 e. The standard InChI is InChI=1S/C22H19N5O4/c1-3-20(28)24-16-6-4-13(2)19(11-16)26-12-18(21(25-26)27(30)31)14-5-7-17-15(10-14)8-9-23-22(17)29/h3-7,10-12H,1,8-9H2,2H3,(H,23,29)(H,24,28). The van der Waals surface area contributed by atoms with E-state index >= 15 is 0 Å². The molecule has 2 amide bonds. The van der Waals surface area contributed by atoms with E-state index in [2.05, 4.69) is 22.3 Å². The van der Waals surface area contributed by atoms with E-state index in [4.69, 9.17) is 0 Å². The molecular weight excluding hydrogens is 398 g/mol. The number of carbonyl (C=O) groups excluding carboxylic acids is 2. The third-order valence-electron chi connectivity index (χ3n) is 5.12. The summed E-state index contributed by atoms with van der Waals surface area (Å²) in [4.78, 5) is 34.8. The lowest BCUT2D eigenvalue weighted by molar-refractivity contribution is -0.389. The summed E-state index contributed by atoms with van der Waals surface area (Å²) < 4.78 is 1.43. The fraction of sp³-hybridized carbons (Fsp3) is 0.136. The van der Waals surface area contributed by atoms with Gasteiger partial charge in [0.1, 0.15) is 5.56 Å². The zero-order chi connectivity index (χ0) is 22.1. The van der Waals surface area contributed by atoms with E-state index < -0.39 is 4.92 Å². The number of nitrogens with zero attached hydrogens (tertiary/aromatic N) is 3. The second-order valence-electron chi connectivity index (χ2n) is 7.14. The van der Waals surface area contributed by atoms with Crippen LogP contribution in [0.4, 0.5) is 11.5 Å². The molecule has 9 nitrogen and oxygen atoms in total. The molecule has 0 radical (unpaired) electrons. The van der Waals surface area contributed by atoms with E-state index in [1.54, 1.807) is 42.6 Å². The van der Waals surface area contributed by atoms with Crippen LogP contribution in [0, 0.1) is 17.0 Å². The van der Waals surface area contributed by atoms with Crippen LogP contribution < -0.4 is 10.6 Å². The van der Waals surface area contributed by atoms with Crippen LogP contribution in [0.2, 0.25) is 0 Å². The highest BCUT2D eigenvalue weighted by Crippen LogP contribution is 2.33. The Kier molecular flexibility index (Phi) is 5.08. The molecule has 0 saturated heterocycles. The second-order valence-corrected chi connectivity index (χ2v) is 7.14. The fourth-order valence-corrected chi connectivity index (χ4v) is 3.55. The van der Waals surface area contributed by atoms with Crippen LogP contribution in [-0.4, -0.2) is 33.1 Å². The Bertz CT molecular complexity index is 1240. The van der Waals surface area contributed by atoms with E-state index in [-0.39, 0.29) is 17.6 Å². The van der Waals surface area contributed by atoms with Crippen molar-refractivity contribution in [3.8, 4) is 16.8 Å². The lowest BCUT2D eigenvalue weighted by Crippen LogP contribution is -2.31. The van der Waals surface area contributed by atoms with Crippen LogP contribution in [0.15, 0.2) is 55.3 Å². The summed E-state index contributed by atoms with van der Waals surface area (Å²) >= 11 is 0. The first-order valence-corrected chi connectivity index (χ1v) is 9.57. The summed E-state index contributed by atoms with van der Waals surface area (Å²) in [7, 11) is 0. The molecule has 0 bridgehead atoms. The molecule has 2 heterocycles. The van der Waals surface area contributed by atoms with Crippen LogP contribution >= 0.6 is 0 Å². The van der Waals surface area contributed by atoms with Gasteiger partial charge in [-0.1, -0.05) is 18.7 Å². The van der Waals surface area contributed by atoms with Crippen LogP contribution in [0.1, 0.15) is 21.5 Å². The molecule has 0 fully saturated rings. The molecule has 0 atom stereocenters. The fourth-order valence-electron chi connectivity index (χ4n) is 3.55. The monoisotopic (exact) mass is 417 g/mol. The summed E-state index contributed by atoms with van der Waals surface area (Å²) in [6.07, 6.45) is 3.40. The number of aromatic nitrogens is 2. The number of aryl methyl sites for hydroxylation is 1. The average Bonchev–Trinajstić information content (AvgIpc) is 3.20. The van der Waals surface area contributed by atoms with E-state index in [1.165, 1.54) is 4.68 Å². The number of carbonyl (C=O) groups is 2. The number of hydrogen-bond acceptors (Lipinski definition) is 5. The third kappa shape index (κ3) is 3.80. The van der Waals surface area contributed by atoms with Gasteiger partial charge in [-0.15, -0.1) is 4.68 Å². The Morgan fingerprint density at radius 1 is 1.29 bits per heavy atom. The van der Waals surface area contributed by atoms with Crippen molar-refractivity contribution < 1.29 is 14.5 Å². The normalized spacial score (nSPS) is 12.6. The van der Waals surface area contributed by atoms with Gasteiger partial charge in [0.25, 0.3) is 5.91 Å². The minimum Gasteiger partial charge on any atom is -0.358 e. The number of rotatable bonds is 5. The molecule has 9 heteroatoms. The van der Waals surface area contributed by atoms with Gasteiger partial charge in [-0.05, 0) is 65.3 Å². The molecular formula is C22H19N5O4. The minimum absolute atomic E-state index is 0.146. The van der Waals surface area contributed by atoms with Crippen molar-refractivity contribution >= 4 is 23.3 Å². The SMILES string of the molecule is C=CC(=O)Nc1ccc(C)c(-n2cc(-c3ccc4c(c3)CCNC4=O)c([N+](=O)[O-])n2)c1. The highest BCUT2D eigenvalue weighted by molar-refractivity contribution is 5.99. The molecule has 31 heavy (non-hydrogen) atoms. The molecule has 1 aliphatic rings. The topological polar surface area (TPSA) is 119 Å². The second kappa shape index (κ2) is 7.86. The van der Waals surface area contributed by atoms with Crippen molar-refractivity contribution in [1.82, 2.24) is 15.1 Å². The first-order chi connectivity index (χ1) is 14.9. The number of nitrogens with one attached hydrogen (secondary N) is 2. The number of amides is 2. The molecule has 1 aromatic heterocycles. The third-order valence-corrected chi connectivity index (χ3v) is 5.12. The molecule has 3 aromatic rings. The van der Waals surface area contributed by atoms with Crippen LogP contribution in [0.5, 0.6) is 0 Å². The highest BCUT2D eigenvalue weighted by atomic mass is 16.6. The summed E-state index contributed by atoms with van der Waals surface area (Å²) in [5, 5.41) is 21.4. The molecule has 0 aliphatic carbocycles. The molecule has 156 valence electrons. The zero-order valence-electron chi connectivity index (χ0n) is 16.7. The van der Waals surface area contributed by atoms with Gasteiger partial charge in [-0.2, -0.15) is 0 Å². The molecule has 0 saturated carbocycles. The summed E-state index contributed by atoms with van der Waals surface area (Å²) in [5.41, 5.74) is 4.31. The van der Waals surface area contributed by atoms with E-state index in [1.807, 2.05) is 6.92 Å². The van der Waals surface area contributed by atoms with Crippen molar-refractivity contribution in [2.75, 3.05) is 11.9 Å². The quantitative estimate of drug-likeness (QED) is 0.375. The van der Waals surface area contributed by atoms with Gasteiger partial charge in [0, 0.05) is 17.8 Å². The first kappa shape index (κ1) is 20.0. The zero-order valence-corrected chi connectivity index (χ0v) is 16.7. The Hall–Kier alpha value is -4.27. The van der Waals surface area contributed by atoms with Crippen LogP contribution in [0.25, 0.3) is 16.8 Å². The van der Waals surface area contributed by atoms with Crippen molar-refractivity contribution in [3.05, 3.63) is 82.1 Å². The number of nitro groups is 1. The number of hydrogen-bond donors (Lipinski definition) is 2. The highest BCUT2D eigenvalue weighted by Gasteiger charge is 2.25. The Balaban J connectivity index is 1.80. The molecule has 2 N–H and O–H groups in total. The lowest BCUT2D eigenvalue weighted by Gasteiger charge is -2.16. The van der Waals surface area contributed by atoms with Crippen molar-refractivity contribution in [3.63, 3.8) is 0 Å². The Labute approximate surface area is 177 Å². The molecule has 1 aliphatic heterocycles. The number of fused-ring (bicyclic) bond motifs is 1. The van der Waals surface area contributed by atoms with Gasteiger partial charge in [0.15, 0.2) is 0 Å². The van der Waals surface area contributed by atoms with Gasteiger partial charge in [0.05, 0.1) is 17.0 Å². The Morgan fingerprint density at radius 2 is 2.10 bits per heavy atom. The molecule has 4 rings (SSSR count). The van der Waals surface area contributed by atoms with E-state index in [9.17, 15) is 19.7 Å². The summed E-state index contributed by atoms with van der Waals surface area (Å²) in [6.45, 7) is 5.80. The maximum absolute atomic E-state index is 12.0. The van der Waals surface area contributed by atoms with Gasteiger partial charge in [-0.3, -0.25) is 9.59 Å². The molecule has 0 unspecified atom stereocenters. The predicted octanol–water partition coefficient (Wildman–Crippen LogP) is 3.17. The van der Waals surface area contributed by atoms with E-state index in [0.29, 0.717) is 41.0 Å². The molecule has 0 spiro atoms. The van der Waals surface area contributed by atoms with E-state index in [0.717, 1.165) is 17.2 Å². The summed E-state index contributed by atoms with van der Waals surface area (Å²) in [6, 6.07) is 10.4. The number of benzene rings is 2. The van der Waals surface area contributed by atoms with Gasteiger partial charge < -0.3 is 20.7 Å². The average molecular weight is 417 g/mol. The van der Waals surface area contributed by atoms with Crippen molar-refractivity contribution in [1.29, 1.82) is 0 Å². The molecule has 2 aromatic carbocycles. The van der Waals surface area contributed by atoms with Crippen LogP contribution in [-0.2, 0) is 11.2 Å². The smallest absolute Gasteiger partial charge is 0.358 e. The van der Waals surface area contributed by atoms with Crippen molar-refractivity contribution in [2.24, 2.45) is 0 Å². The van der Waals surface area contributed by atoms with Gasteiger partial charge in [-0.25, -0.2) is 0 Å². The largest absolute Gasteiger partial charge is 0.398 e. The minimum atomic E-state index is -0.531. The first-order valence-electron chi connectivity index (χ1n) is 9.57. The van der Waals surface area contributed by atoms with Crippen LogP contribution in [0.3, 0.4) is 0 Å². The predicted molar refractivity (Wildman–Crippen MR) is 115 cm³/mol. The lowest BCUT2D eigenvalue weighted by atomic mass is 9.96. The number of anilines is 1. The Morgan fingerprint density at radius 3 is 2.84 bits per heavy atom. The van der Waals surface area contributed by atoms with Gasteiger partial charge in [0.2, 0.25) is 5.91 Å². The maximum atomic E-state index is 12.0. The summed E-state index contributed by atoms with van der Waals surface area (Å²) in [5.74, 6) is -0.799. The van der Waals surface area contributed by atoms with Crippen molar-refractivity contribution in [2.45, 2.75) is 13.3 Å². The van der Waals surface area contributed by atoms with Gasteiger partial charge >= 0.3 is 5.82 Å².